The molecule has 1 saturated carbocycles. The molecule has 2 atom stereocenters. The molecule has 0 radical (unpaired) electrons. The van der Waals surface area contributed by atoms with Gasteiger partial charge >= 0.3 is 0 Å². The van der Waals surface area contributed by atoms with Crippen molar-refractivity contribution in [2.75, 3.05) is 0 Å². The zero-order valence-corrected chi connectivity index (χ0v) is 8.28. The lowest BCUT2D eigenvalue weighted by atomic mass is 9.92. The van der Waals surface area contributed by atoms with Gasteiger partial charge in [-0.1, -0.05) is 39.3 Å². The van der Waals surface area contributed by atoms with Crippen LogP contribution in [0.5, 0.6) is 0 Å². The number of rotatable bonds is 3. The van der Waals surface area contributed by atoms with Crippen molar-refractivity contribution < 1.29 is 0 Å². The molecule has 0 N–H and O–H groups in total. The highest BCUT2D eigenvalue weighted by molar-refractivity contribution is 5.22. The van der Waals surface area contributed by atoms with Gasteiger partial charge in [-0.3, -0.25) is 0 Å². The molecule has 11 heavy (non-hydrogen) atoms. The van der Waals surface area contributed by atoms with Crippen molar-refractivity contribution >= 4 is 0 Å². The molecule has 0 aliphatic heterocycles. The van der Waals surface area contributed by atoms with Crippen LogP contribution in [0, 0.1) is 11.3 Å². The minimum absolute atomic E-state index is 0.588. The largest absolute Gasteiger partial charge is 0.0851 e. The minimum atomic E-state index is 0.588. The summed E-state index contributed by atoms with van der Waals surface area (Å²) in [6.07, 6.45) is 6.27. The van der Waals surface area contributed by atoms with Crippen molar-refractivity contribution in [1.29, 1.82) is 0 Å². The van der Waals surface area contributed by atoms with Crippen LogP contribution in [0.4, 0.5) is 0 Å². The van der Waals surface area contributed by atoms with E-state index in [1.807, 2.05) is 0 Å². The van der Waals surface area contributed by atoms with Crippen LogP contribution >= 0.6 is 0 Å². The Morgan fingerprint density at radius 2 is 2.09 bits per heavy atom. The topological polar surface area (TPSA) is 0 Å². The molecule has 0 spiro atoms. The SMILES string of the molecule is CCC=C(CC)C1(C)CC1C. The van der Waals surface area contributed by atoms with Gasteiger partial charge in [0.05, 0.1) is 0 Å². The average Bonchev–Trinajstić information content (AvgIpc) is 2.56. The lowest BCUT2D eigenvalue weighted by Gasteiger charge is -2.13. The molecule has 64 valence electrons. The Bertz CT molecular complexity index is 167. The van der Waals surface area contributed by atoms with Gasteiger partial charge in [0.2, 0.25) is 0 Å². The molecule has 1 aliphatic carbocycles. The normalized spacial score (nSPS) is 37.5. The van der Waals surface area contributed by atoms with Crippen molar-refractivity contribution in [3.05, 3.63) is 11.6 Å². The van der Waals surface area contributed by atoms with Crippen LogP contribution in [0.15, 0.2) is 11.6 Å². The van der Waals surface area contributed by atoms with Gasteiger partial charge in [0.1, 0.15) is 0 Å². The highest BCUT2D eigenvalue weighted by atomic mass is 14.5. The van der Waals surface area contributed by atoms with Gasteiger partial charge in [0.15, 0.2) is 0 Å². The van der Waals surface area contributed by atoms with E-state index in [9.17, 15) is 0 Å². The predicted octanol–water partition coefficient (Wildman–Crippen LogP) is 3.78. The number of hydrogen-bond donors (Lipinski definition) is 0. The van der Waals surface area contributed by atoms with Gasteiger partial charge in [-0.25, -0.2) is 0 Å². The standard InChI is InChI=1S/C11H20/c1-5-7-10(6-2)11(4)8-9(11)3/h7,9H,5-6,8H2,1-4H3. The molecular formula is C11H20. The van der Waals surface area contributed by atoms with Gasteiger partial charge in [-0.05, 0) is 30.6 Å². The number of allylic oxidation sites excluding steroid dienone is 2. The lowest BCUT2D eigenvalue weighted by molar-refractivity contribution is 0.594. The van der Waals surface area contributed by atoms with Gasteiger partial charge in [0.25, 0.3) is 0 Å². The molecule has 1 rings (SSSR count). The summed E-state index contributed by atoms with van der Waals surface area (Å²) in [5, 5.41) is 0. The minimum Gasteiger partial charge on any atom is -0.0851 e. The molecule has 0 aromatic rings. The first-order valence-electron chi connectivity index (χ1n) is 4.84. The van der Waals surface area contributed by atoms with Crippen molar-refractivity contribution in [3.8, 4) is 0 Å². The Morgan fingerprint density at radius 1 is 1.55 bits per heavy atom. The van der Waals surface area contributed by atoms with Crippen molar-refractivity contribution in [1.82, 2.24) is 0 Å². The van der Waals surface area contributed by atoms with Crippen LogP contribution in [-0.2, 0) is 0 Å². The van der Waals surface area contributed by atoms with E-state index in [0.717, 1.165) is 5.92 Å². The third-order valence-corrected chi connectivity index (χ3v) is 3.22. The average molecular weight is 152 g/mol. The zero-order chi connectivity index (χ0) is 8.48. The van der Waals surface area contributed by atoms with Crippen LogP contribution in [0.25, 0.3) is 0 Å². The summed E-state index contributed by atoms with van der Waals surface area (Å²) >= 11 is 0. The third-order valence-electron chi connectivity index (χ3n) is 3.22. The van der Waals surface area contributed by atoms with Gasteiger partial charge in [-0.2, -0.15) is 0 Å². The summed E-state index contributed by atoms with van der Waals surface area (Å²) in [6.45, 7) is 9.27. The van der Waals surface area contributed by atoms with E-state index < -0.39 is 0 Å². The summed E-state index contributed by atoms with van der Waals surface area (Å²) in [5.74, 6) is 0.931. The second kappa shape index (κ2) is 3.00. The summed E-state index contributed by atoms with van der Waals surface area (Å²) in [6, 6.07) is 0. The van der Waals surface area contributed by atoms with E-state index in [0.29, 0.717) is 5.41 Å². The molecule has 0 aromatic carbocycles. The van der Waals surface area contributed by atoms with E-state index in [-0.39, 0.29) is 0 Å². The summed E-state index contributed by atoms with van der Waals surface area (Å²) < 4.78 is 0. The predicted molar refractivity (Wildman–Crippen MR) is 50.6 cm³/mol. The first kappa shape index (κ1) is 8.83. The fraction of sp³-hybridized carbons (Fsp3) is 0.818. The molecule has 0 saturated heterocycles. The maximum atomic E-state index is 2.42. The van der Waals surface area contributed by atoms with Crippen molar-refractivity contribution in [2.45, 2.75) is 47.0 Å². The van der Waals surface area contributed by atoms with E-state index in [1.54, 1.807) is 5.57 Å². The van der Waals surface area contributed by atoms with Gasteiger partial charge in [-0.15, -0.1) is 0 Å². The molecule has 0 nitrogen and oxygen atoms in total. The van der Waals surface area contributed by atoms with Crippen molar-refractivity contribution in [2.24, 2.45) is 11.3 Å². The summed E-state index contributed by atoms with van der Waals surface area (Å²) in [7, 11) is 0. The number of hydrogen-bond acceptors (Lipinski definition) is 0. The highest BCUT2D eigenvalue weighted by Gasteiger charge is 2.48. The van der Waals surface area contributed by atoms with E-state index >= 15 is 0 Å². The smallest absolute Gasteiger partial charge is 0.00877 e. The Kier molecular flexibility index (Phi) is 2.41. The molecule has 0 bridgehead atoms. The second-order valence-electron chi connectivity index (χ2n) is 4.01. The highest BCUT2D eigenvalue weighted by Crippen LogP contribution is 2.57. The summed E-state index contributed by atoms with van der Waals surface area (Å²) in [5.41, 5.74) is 2.28. The van der Waals surface area contributed by atoms with Crippen molar-refractivity contribution in [3.63, 3.8) is 0 Å². The zero-order valence-electron chi connectivity index (χ0n) is 8.28. The van der Waals surface area contributed by atoms with Crippen LogP contribution in [0.3, 0.4) is 0 Å². The fourth-order valence-corrected chi connectivity index (χ4v) is 2.05. The molecule has 0 heterocycles. The molecule has 2 unspecified atom stereocenters. The maximum absolute atomic E-state index is 2.42. The van der Waals surface area contributed by atoms with Gasteiger partial charge in [0, 0.05) is 0 Å². The van der Waals surface area contributed by atoms with Crippen LogP contribution in [0.1, 0.15) is 47.0 Å². The Hall–Kier alpha value is -0.260. The Morgan fingerprint density at radius 3 is 2.36 bits per heavy atom. The fourth-order valence-electron chi connectivity index (χ4n) is 2.05. The molecule has 0 heteroatoms. The lowest BCUT2D eigenvalue weighted by Crippen LogP contribution is -2.00. The van der Waals surface area contributed by atoms with E-state index in [2.05, 4.69) is 33.8 Å². The molecule has 1 fully saturated rings. The Labute approximate surface area is 70.7 Å². The molecule has 0 aromatic heterocycles. The Balaban J connectivity index is 2.64. The third kappa shape index (κ3) is 1.50. The quantitative estimate of drug-likeness (QED) is 0.540. The summed E-state index contributed by atoms with van der Waals surface area (Å²) in [4.78, 5) is 0. The second-order valence-corrected chi connectivity index (χ2v) is 4.01. The molecular weight excluding hydrogens is 132 g/mol. The molecule has 1 aliphatic rings. The van der Waals surface area contributed by atoms with Crippen LogP contribution in [-0.4, -0.2) is 0 Å². The molecule has 0 amide bonds. The van der Waals surface area contributed by atoms with Crippen LogP contribution in [0.2, 0.25) is 0 Å². The van der Waals surface area contributed by atoms with E-state index in [1.165, 1.54) is 19.3 Å². The van der Waals surface area contributed by atoms with Crippen LogP contribution < -0.4 is 0 Å². The monoisotopic (exact) mass is 152 g/mol. The first-order chi connectivity index (χ1) is 5.15. The maximum Gasteiger partial charge on any atom is -0.00877 e. The van der Waals surface area contributed by atoms with E-state index in [4.69, 9.17) is 0 Å². The van der Waals surface area contributed by atoms with Gasteiger partial charge < -0.3 is 0 Å². The first-order valence-corrected chi connectivity index (χ1v) is 4.84.